The molecular formula is C31H27FO7S. The molecule has 3 aromatic rings. The van der Waals surface area contributed by atoms with Gasteiger partial charge < -0.3 is 18.9 Å². The van der Waals surface area contributed by atoms with Gasteiger partial charge in [-0.25, -0.2) is 9.59 Å². The molecule has 0 aliphatic heterocycles. The average Bonchev–Trinajstić information content (AvgIpc) is 2.97. The van der Waals surface area contributed by atoms with Crippen LogP contribution in [-0.4, -0.2) is 43.5 Å². The summed E-state index contributed by atoms with van der Waals surface area (Å²) in [6.07, 6.45) is 4.36. The van der Waals surface area contributed by atoms with Crippen molar-refractivity contribution in [3.63, 3.8) is 0 Å². The van der Waals surface area contributed by atoms with Gasteiger partial charge in [0, 0.05) is 11.0 Å². The van der Waals surface area contributed by atoms with E-state index in [-0.39, 0.29) is 31.5 Å². The Bertz CT molecular complexity index is 1350. The van der Waals surface area contributed by atoms with Crippen molar-refractivity contribution in [1.82, 2.24) is 0 Å². The van der Waals surface area contributed by atoms with Crippen molar-refractivity contribution in [2.45, 2.75) is 4.90 Å². The van der Waals surface area contributed by atoms with Gasteiger partial charge in [-0.2, -0.15) is 4.39 Å². The molecule has 0 unspecified atom stereocenters. The van der Waals surface area contributed by atoms with Gasteiger partial charge in [0.2, 0.25) is 10.9 Å². The van der Waals surface area contributed by atoms with Crippen LogP contribution < -0.4 is 9.47 Å². The normalized spacial score (nSPS) is 10.5. The predicted molar refractivity (Wildman–Crippen MR) is 152 cm³/mol. The molecule has 3 rings (SSSR count). The zero-order valence-electron chi connectivity index (χ0n) is 21.5. The maximum absolute atomic E-state index is 12.6. The van der Waals surface area contributed by atoms with Crippen LogP contribution in [-0.2, 0) is 23.9 Å². The number of thioether (sulfide) groups is 1. The van der Waals surface area contributed by atoms with E-state index in [1.807, 2.05) is 36.4 Å². The minimum Gasteiger partial charge on any atom is -0.490 e. The van der Waals surface area contributed by atoms with Gasteiger partial charge in [-0.3, -0.25) is 4.79 Å². The zero-order valence-corrected chi connectivity index (χ0v) is 22.4. The zero-order chi connectivity index (χ0) is 28.7. The van der Waals surface area contributed by atoms with Crippen molar-refractivity contribution in [3.8, 4) is 22.6 Å². The minimum absolute atomic E-state index is 0.0846. The largest absolute Gasteiger partial charge is 0.490 e. The third kappa shape index (κ3) is 10.3. The molecule has 0 bridgehead atoms. The van der Waals surface area contributed by atoms with Gasteiger partial charge >= 0.3 is 11.9 Å². The summed E-state index contributed by atoms with van der Waals surface area (Å²) >= 11 is 1.10. The second-order valence-corrected chi connectivity index (χ2v) is 9.06. The van der Waals surface area contributed by atoms with Crippen LogP contribution in [0.2, 0.25) is 0 Å². The summed E-state index contributed by atoms with van der Waals surface area (Å²) in [7, 11) is 0. The Hall–Kier alpha value is -4.63. The third-order valence-corrected chi connectivity index (χ3v) is 5.97. The lowest BCUT2D eigenvalue weighted by molar-refractivity contribution is -0.141. The summed E-state index contributed by atoms with van der Waals surface area (Å²) in [6, 6.07) is 22.2. The topological polar surface area (TPSA) is 88.1 Å². The van der Waals surface area contributed by atoms with Crippen molar-refractivity contribution in [3.05, 3.63) is 109 Å². The van der Waals surface area contributed by atoms with Crippen LogP contribution in [0.5, 0.6) is 11.5 Å². The van der Waals surface area contributed by atoms with Gasteiger partial charge in [-0.1, -0.05) is 55.6 Å². The summed E-state index contributed by atoms with van der Waals surface area (Å²) in [4.78, 5) is 35.2. The van der Waals surface area contributed by atoms with Crippen molar-refractivity contribution in [1.29, 1.82) is 0 Å². The number of rotatable bonds is 14. The van der Waals surface area contributed by atoms with Crippen LogP contribution in [0.1, 0.15) is 5.56 Å². The van der Waals surface area contributed by atoms with Gasteiger partial charge in [-0.05, 0) is 70.9 Å². The van der Waals surface area contributed by atoms with E-state index in [4.69, 9.17) is 14.2 Å². The van der Waals surface area contributed by atoms with Crippen LogP contribution in [0.25, 0.3) is 17.2 Å². The number of esters is 2. The first kappa shape index (κ1) is 29.9. The number of hydrogen-bond acceptors (Lipinski definition) is 8. The Balaban J connectivity index is 1.43. The molecule has 0 aliphatic carbocycles. The summed E-state index contributed by atoms with van der Waals surface area (Å²) in [5, 5.41) is -0.117. The fourth-order valence-electron chi connectivity index (χ4n) is 3.18. The molecule has 0 spiro atoms. The number of carbonyl (C=O) groups is 3. The maximum atomic E-state index is 12.6. The Labute approximate surface area is 235 Å². The molecule has 0 N–H and O–H groups in total. The summed E-state index contributed by atoms with van der Waals surface area (Å²) in [6.45, 7) is 6.53. The van der Waals surface area contributed by atoms with Crippen LogP contribution in [0, 0.1) is 0 Å². The van der Waals surface area contributed by atoms with Gasteiger partial charge in [-0.15, -0.1) is 0 Å². The molecule has 0 saturated carbocycles. The van der Waals surface area contributed by atoms with Gasteiger partial charge in [0.1, 0.15) is 37.9 Å². The number of benzene rings is 3. The minimum atomic E-state index is -1.14. The smallest absolute Gasteiger partial charge is 0.366 e. The van der Waals surface area contributed by atoms with E-state index < -0.39 is 17.8 Å². The molecule has 40 heavy (non-hydrogen) atoms. The first-order valence-electron chi connectivity index (χ1n) is 12.1. The standard InChI is InChI=1S/C31H27FO7S/c1-3-29(33)38-20-18-36-27-13-15-28(16-14-27)40-30(34)17-6-23-4-7-24(8-5-23)25-9-11-26(12-10-25)37-19-21-39-31(35)22(2)32/h3-17H,1-2,18-21H2/b17-6+. The Kier molecular flexibility index (Phi) is 11.7. The molecule has 0 aromatic heterocycles. The molecule has 9 heteroatoms. The van der Waals surface area contributed by atoms with E-state index in [0.29, 0.717) is 11.5 Å². The summed E-state index contributed by atoms with van der Waals surface area (Å²) < 4.78 is 33.0. The van der Waals surface area contributed by atoms with Gasteiger partial charge in [0.15, 0.2) is 0 Å². The van der Waals surface area contributed by atoms with E-state index in [1.165, 1.54) is 6.08 Å². The van der Waals surface area contributed by atoms with Crippen LogP contribution in [0.4, 0.5) is 4.39 Å². The number of hydrogen-bond donors (Lipinski definition) is 0. The predicted octanol–water partition coefficient (Wildman–Crippen LogP) is 6.20. The van der Waals surface area contributed by atoms with Gasteiger partial charge in [0.05, 0.1) is 0 Å². The molecule has 206 valence electrons. The lowest BCUT2D eigenvalue weighted by Gasteiger charge is -2.08. The summed E-state index contributed by atoms with van der Waals surface area (Å²) in [5.74, 6) is -1.55. The van der Waals surface area contributed by atoms with Crippen molar-refractivity contribution in [2.75, 3.05) is 26.4 Å². The molecule has 0 amide bonds. The van der Waals surface area contributed by atoms with Crippen LogP contribution in [0.15, 0.2) is 109 Å². The second kappa shape index (κ2) is 15.7. The first-order chi connectivity index (χ1) is 19.3. The number of ether oxygens (including phenoxy) is 4. The Morgan fingerprint density at radius 2 is 1.27 bits per heavy atom. The van der Waals surface area contributed by atoms with Crippen molar-refractivity contribution in [2.24, 2.45) is 0 Å². The lowest BCUT2D eigenvalue weighted by Crippen LogP contribution is -2.12. The monoisotopic (exact) mass is 562 g/mol. The van der Waals surface area contributed by atoms with Crippen molar-refractivity contribution >= 4 is 34.9 Å². The van der Waals surface area contributed by atoms with E-state index in [9.17, 15) is 18.8 Å². The average molecular weight is 563 g/mol. The Morgan fingerprint density at radius 1 is 0.750 bits per heavy atom. The molecule has 0 heterocycles. The molecule has 0 saturated heterocycles. The SMILES string of the molecule is C=CC(=O)OCCOc1ccc(SC(=O)/C=C/c2ccc(-c3ccc(OCCOC(=O)C(=C)F)cc3)cc2)cc1. The third-order valence-electron chi connectivity index (χ3n) is 5.12. The quantitative estimate of drug-likeness (QED) is 0.0994. The van der Waals surface area contributed by atoms with Crippen LogP contribution >= 0.6 is 11.8 Å². The first-order valence-corrected chi connectivity index (χ1v) is 12.9. The molecular weight excluding hydrogens is 535 g/mol. The fraction of sp³-hybridized carbons (Fsp3) is 0.129. The highest BCUT2D eigenvalue weighted by Crippen LogP contribution is 2.25. The lowest BCUT2D eigenvalue weighted by atomic mass is 10.0. The second-order valence-electron chi connectivity index (χ2n) is 7.98. The molecule has 3 aromatic carbocycles. The summed E-state index contributed by atoms with van der Waals surface area (Å²) in [5.41, 5.74) is 2.84. The van der Waals surface area contributed by atoms with E-state index in [2.05, 4.69) is 17.9 Å². The molecule has 0 fully saturated rings. The van der Waals surface area contributed by atoms with E-state index in [0.717, 1.165) is 39.4 Å². The highest BCUT2D eigenvalue weighted by Gasteiger charge is 2.07. The Morgan fingerprint density at radius 3 is 1.82 bits per heavy atom. The van der Waals surface area contributed by atoms with E-state index >= 15 is 0 Å². The molecule has 0 aliphatic rings. The van der Waals surface area contributed by atoms with Crippen molar-refractivity contribution < 1.29 is 37.7 Å². The molecule has 0 radical (unpaired) electrons. The molecule has 0 atom stereocenters. The highest BCUT2D eigenvalue weighted by molar-refractivity contribution is 8.14. The van der Waals surface area contributed by atoms with Crippen LogP contribution in [0.3, 0.4) is 0 Å². The van der Waals surface area contributed by atoms with Gasteiger partial charge in [0.25, 0.3) is 0 Å². The highest BCUT2D eigenvalue weighted by atomic mass is 32.2. The maximum Gasteiger partial charge on any atom is 0.366 e. The number of halogens is 1. The number of carbonyl (C=O) groups excluding carboxylic acids is 3. The molecule has 7 nitrogen and oxygen atoms in total. The fourth-order valence-corrected chi connectivity index (χ4v) is 3.82. The van der Waals surface area contributed by atoms with E-state index in [1.54, 1.807) is 42.5 Å².